The van der Waals surface area contributed by atoms with E-state index in [0.29, 0.717) is 12.1 Å². The van der Waals surface area contributed by atoms with Crippen molar-refractivity contribution < 1.29 is 9.18 Å². The molecule has 4 heteroatoms. The van der Waals surface area contributed by atoms with Gasteiger partial charge in [-0.1, -0.05) is 66.7 Å². The van der Waals surface area contributed by atoms with Crippen LogP contribution in [0.1, 0.15) is 29.5 Å². The molecule has 0 unspecified atom stereocenters. The van der Waals surface area contributed by atoms with Crippen LogP contribution in [-0.4, -0.2) is 23.9 Å². The third kappa shape index (κ3) is 5.14. The molecule has 1 N–H and O–H groups in total. The van der Waals surface area contributed by atoms with E-state index >= 15 is 0 Å². The van der Waals surface area contributed by atoms with Gasteiger partial charge in [-0.2, -0.15) is 0 Å². The average Bonchev–Trinajstić information content (AvgIpc) is 3.28. The number of amides is 1. The van der Waals surface area contributed by atoms with Gasteiger partial charge in [0.15, 0.2) is 0 Å². The fraction of sp³-hybridized carbons (Fsp3) is 0.269. The van der Waals surface area contributed by atoms with Crippen molar-refractivity contribution in [2.24, 2.45) is 0 Å². The summed E-state index contributed by atoms with van der Waals surface area (Å²) in [5.74, 6) is -0.530. The molecule has 0 aliphatic carbocycles. The fourth-order valence-corrected chi connectivity index (χ4v) is 4.02. The molecule has 0 bridgehead atoms. The summed E-state index contributed by atoms with van der Waals surface area (Å²) in [5, 5.41) is 2.93. The smallest absolute Gasteiger partial charge is 0.224 e. The molecular weight excluding hydrogens is 375 g/mol. The van der Waals surface area contributed by atoms with Crippen molar-refractivity contribution in [2.45, 2.75) is 32.4 Å². The number of likely N-dealkylation sites (tertiary alicyclic amines) is 1. The maximum absolute atomic E-state index is 13.8. The Labute approximate surface area is 177 Å². The average molecular weight is 403 g/mol. The molecule has 1 aliphatic heterocycles. The first kappa shape index (κ1) is 20.3. The van der Waals surface area contributed by atoms with Gasteiger partial charge >= 0.3 is 0 Å². The van der Waals surface area contributed by atoms with Gasteiger partial charge in [0.05, 0.1) is 6.42 Å². The number of nitrogens with zero attached hydrogens (tertiary/aromatic N) is 1. The van der Waals surface area contributed by atoms with Gasteiger partial charge in [-0.3, -0.25) is 9.69 Å². The van der Waals surface area contributed by atoms with Gasteiger partial charge < -0.3 is 5.32 Å². The molecule has 1 heterocycles. The number of hydrogen-bond donors (Lipinski definition) is 1. The van der Waals surface area contributed by atoms with Crippen molar-refractivity contribution in [3.8, 4) is 11.1 Å². The van der Waals surface area contributed by atoms with Crippen LogP contribution >= 0.6 is 0 Å². The molecule has 0 radical (unpaired) electrons. The van der Waals surface area contributed by atoms with E-state index in [-0.39, 0.29) is 18.1 Å². The Bertz CT molecular complexity index is 994. The van der Waals surface area contributed by atoms with E-state index in [1.165, 1.54) is 37.6 Å². The quantitative estimate of drug-likeness (QED) is 0.607. The summed E-state index contributed by atoms with van der Waals surface area (Å²) in [6.45, 7) is 3.81. The molecule has 3 aromatic rings. The fourth-order valence-electron chi connectivity index (χ4n) is 4.02. The maximum Gasteiger partial charge on any atom is 0.224 e. The van der Waals surface area contributed by atoms with Gasteiger partial charge in [0.1, 0.15) is 5.82 Å². The van der Waals surface area contributed by atoms with E-state index in [1.807, 2.05) is 18.2 Å². The van der Waals surface area contributed by atoms with Crippen molar-refractivity contribution in [2.75, 3.05) is 13.1 Å². The third-order valence-corrected chi connectivity index (χ3v) is 5.67. The Hall–Kier alpha value is -2.98. The minimum Gasteiger partial charge on any atom is -0.352 e. The summed E-state index contributed by atoms with van der Waals surface area (Å²) in [6, 6.07) is 23.2. The predicted molar refractivity (Wildman–Crippen MR) is 118 cm³/mol. The minimum atomic E-state index is -0.345. The number of carbonyl (C=O) groups excluding carboxylic acids is 1. The van der Waals surface area contributed by atoms with E-state index in [9.17, 15) is 9.18 Å². The highest BCUT2D eigenvalue weighted by Crippen LogP contribution is 2.25. The molecule has 1 amide bonds. The Balaban J connectivity index is 1.41. The van der Waals surface area contributed by atoms with Crippen LogP contribution < -0.4 is 5.32 Å². The number of halogens is 1. The normalized spacial score (nSPS) is 14.0. The second-order valence-electron chi connectivity index (χ2n) is 7.88. The Morgan fingerprint density at radius 3 is 2.27 bits per heavy atom. The van der Waals surface area contributed by atoms with Crippen LogP contribution in [0, 0.1) is 5.82 Å². The highest BCUT2D eigenvalue weighted by molar-refractivity contribution is 5.79. The first-order chi connectivity index (χ1) is 14.7. The molecule has 0 atom stereocenters. The van der Waals surface area contributed by atoms with E-state index in [4.69, 9.17) is 0 Å². The SMILES string of the molecule is O=C(Cc1ccccc1F)NCc1ccccc1-c1ccc(CN2CCCC2)cc1. The van der Waals surface area contributed by atoms with E-state index in [0.717, 1.165) is 23.2 Å². The standard InChI is InChI=1S/C26H27FN2O/c27-25-10-4-2-7-22(25)17-26(30)28-18-23-8-1-3-9-24(23)21-13-11-20(12-14-21)19-29-15-5-6-16-29/h1-4,7-14H,5-6,15-19H2,(H,28,30). The molecule has 1 fully saturated rings. The molecular formula is C26H27FN2O. The van der Waals surface area contributed by atoms with Crippen LogP contribution in [-0.2, 0) is 24.3 Å². The summed E-state index contributed by atoms with van der Waals surface area (Å²) in [6.07, 6.45) is 2.64. The zero-order valence-corrected chi connectivity index (χ0v) is 17.1. The maximum atomic E-state index is 13.8. The van der Waals surface area contributed by atoms with E-state index in [2.05, 4.69) is 40.5 Å². The topological polar surface area (TPSA) is 32.3 Å². The predicted octanol–water partition coefficient (Wildman–Crippen LogP) is 4.95. The van der Waals surface area contributed by atoms with Gasteiger partial charge in [-0.15, -0.1) is 0 Å². The van der Waals surface area contributed by atoms with Gasteiger partial charge in [-0.25, -0.2) is 4.39 Å². The second kappa shape index (κ2) is 9.68. The van der Waals surface area contributed by atoms with Crippen LogP contribution in [0.25, 0.3) is 11.1 Å². The Morgan fingerprint density at radius 2 is 1.53 bits per heavy atom. The molecule has 30 heavy (non-hydrogen) atoms. The molecule has 0 spiro atoms. The van der Waals surface area contributed by atoms with Crippen LogP contribution in [0.4, 0.5) is 4.39 Å². The number of hydrogen-bond acceptors (Lipinski definition) is 2. The lowest BCUT2D eigenvalue weighted by Crippen LogP contribution is -2.25. The molecule has 3 nitrogen and oxygen atoms in total. The van der Waals surface area contributed by atoms with Crippen LogP contribution in [0.15, 0.2) is 72.8 Å². The van der Waals surface area contributed by atoms with Crippen molar-refractivity contribution in [3.63, 3.8) is 0 Å². The van der Waals surface area contributed by atoms with Crippen molar-refractivity contribution in [1.29, 1.82) is 0 Å². The summed E-state index contributed by atoms with van der Waals surface area (Å²) in [4.78, 5) is 14.8. The lowest BCUT2D eigenvalue weighted by Gasteiger charge is -2.15. The first-order valence-corrected chi connectivity index (χ1v) is 10.6. The summed E-state index contributed by atoms with van der Waals surface area (Å²) in [5.41, 5.74) is 5.04. The molecule has 0 saturated carbocycles. The number of rotatable bonds is 7. The van der Waals surface area contributed by atoms with Crippen LogP contribution in [0.5, 0.6) is 0 Å². The van der Waals surface area contributed by atoms with Crippen molar-refractivity contribution in [1.82, 2.24) is 10.2 Å². The van der Waals surface area contributed by atoms with Crippen molar-refractivity contribution >= 4 is 5.91 Å². The van der Waals surface area contributed by atoms with Crippen molar-refractivity contribution in [3.05, 3.63) is 95.3 Å². The largest absolute Gasteiger partial charge is 0.352 e. The first-order valence-electron chi connectivity index (χ1n) is 10.6. The molecule has 3 aromatic carbocycles. The summed E-state index contributed by atoms with van der Waals surface area (Å²) < 4.78 is 13.8. The minimum absolute atomic E-state index is 0.0417. The van der Waals surface area contributed by atoms with Crippen LogP contribution in [0.2, 0.25) is 0 Å². The number of nitrogens with one attached hydrogen (secondary N) is 1. The zero-order chi connectivity index (χ0) is 20.8. The van der Waals surface area contributed by atoms with E-state index in [1.54, 1.807) is 18.2 Å². The monoisotopic (exact) mass is 402 g/mol. The van der Waals surface area contributed by atoms with Gasteiger partial charge in [0.25, 0.3) is 0 Å². The molecule has 4 rings (SSSR count). The number of carbonyl (C=O) groups is 1. The second-order valence-corrected chi connectivity index (χ2v) is 7.88. The van der Waals surface area contributed by atoms with Crippen LogP contribution in [0.3, 0.4) is 0 Å². The number of benzene rings is 3. The Kier molecular flexibility index (Phi) is 6.55. The van der Waals surface area contributed by atoms with E-state index < -0.39 is 0 Å². The van der Waals surface area contributed by atoms with Gasteiger partial charge in [-0.05, 0) is 59.8 Å². The molecule has 0 aromatic heterocycles. The molecule has 154 valence electrons. The summed E-state index contributed by atoms with van der Waals surface area (Å²) in [7, 11) is 0. The molecule has 1 aliphatic rings. The van der Waals surface area contributed by atoms with Gasteiger partial charge in [0.2, 0.25) is 5.91 Å². The molecule has 1 saturated heterocycles. The zero-order valence-electron chi connectivity index (χ0n) is 17.1. The Morgan fingerprint density at radius 1 is 0.867 bits per heavy atom. The van der Waals surface area contributed by atoms with Gasteiger partial charge in [0, 0.05) is 13.1 Å². The lowest BCUT2D eigenvalue weighted by molar-refractivity contribution is -0.120. The lowest BCUT2D eigenvalue weighted by atomic mass is 9.98. The highest BCUT2D eigenvalue weighted by Gasteiger charge is 2.12. The highest BCUT2D eigenvalue weighted by atomic mass is 19.1. The summed E-state index contributed by atoms with van der Waals surface area (Å²) >= 11 is 0. The third-order valence-electron chi connectivity index (χ3n) is 5.67.